The molecule has 0 radical (unpaired) electrons. The largest absolute Gasteiger partial charge is 1.00 e. The first-order chi connectivity index (χ1) is 9.66. The number of ether oxygens (including phenoxy) is 2. The Kier molecular flexibility index (Phi) is 7.06. The molecule has 0 atom stereocenters. The van der Waals surface area contributed by atoms with Gasteiger partial charge in [-0.15, -0.1) is 0 Å². The number of hydrogen-bond donors (Lipinski definition) is 1. The van der Waals surface area contributed by atoms with E-state index in [2.05, 4.69) is 5.73 Å². The van der Waals surface area contributed by atoms with Crippen molar-refractivity contribution in [2.24, 2.45) is 0 Å². The molecule has 0 spiro atoms. The summed E-state index contributed by atoms with van der Waals surface area (Å²) < 4.78 is 11.5. The van der Waals surface area contributed by atoms with Crippen molar-refractivity contribution in [3.8, 4) is 11.5 Å². The van der Waals surface area contributed by atoms with E-state index in [-0.39, 0.29) is 18.4 Å². The number of quaternary nitrogens is 1. The molecule has 2 aromatic carbocycles. The summed E-state index contributed by atoms with van der Waals surface area (Å²) in [6, 6.07) is 16.1. The smallest absolute Gasteiger partial charge is 0.153 e. The van der Waals surface area contributed by atoms with Crippen LogP contribution in [0.4, 0.5) is 0 Å². The minimum atomic E-state index is 0. The van der Waals surface area contributed by atoms with Crippen LogP contribution < -0.4 is 27.6 Å². The molecular formula is C17H22ClNO2. The van der Waals surface area contributed by atoms with E-state index >= 15 is 0 Å². The molecule has 3 N–H and O–H groups in total. The Morgan fingerprint density at radius 3 is 1.57 bits per heavy atom. The molecule has 0 bridgehead atoms. The van der Waals surface area contributed by atoms with Gasteiger partial charge in [-0.2, -0.15) is 0 Å². The van der Waals surface area contributed by atoms with Crippen LogP contribution in [0.2, 0.25) is 0 Å². The highest BCUT2D eigenvalue weighted by atomic mass is 35.5. The van der Waals surface area contributed by atoms with E-state index in [4.69, 9.17) is 9.47 Å². The SMILES string of the molecule is Cc1ccccc1OCC([NH3+])COc1ccccc1C.[Cl-]. The molecule has 3 nitrogen and oxygen atoms in total. The molecule has 2 rings (SSSR count). The van der Waals surface area contributed by atoms with Crippen LogP contribution in [0.25, 0.3) is 0 Å². The van der Waals surface area contributed by atoms with E-state index in [9.17, 15) is 0 Å². The zero-order chi connectivity index (χ0) is 14.4. The van der Waals surface area contributed by atoms with Crippen molar-refractivity contribution < 1.29 is 27.6 Å². The van der Waals surface area contributed by atoms with Crippen molar-refractivity contribution in [1.82, 2.24) is 0 Å². The second-order valence-electron chi connectivity index (χ2n) is 5.02. The first-order valence-electron chi connectivity index (χ1n) is 6.87. The predicted molar refractivity (Wildman–Crippen MR) is 80.0 cm³/mol. The average Bonchev–Trinajstić information content (AvgIpc) is 2.45. The summed E-state index contributed by atoms with van der Waals surface area (Å²) in [6.07, 6.45) is 0. The van der Waals surface area contributed by atoms with E-state index in [1.54, 1.807) is 0 Å². The molecule has 2 aromatic rings. The van der Waals surface area contributed by atoms with Crippen LogP contribution in [0.3, 0.4) is 0 Å². The van der Waals surface area contributed by atoms with Crippen LogP contribution in [0.5, 0.6) is 11.5 Å². The highest BCUT2D eigenvalue weighted by Crippen LogP contribution is 2.17. The molecule has 0 aromatic heterocycles. The fourth-order valence-electron chi connectivity index (χ4n) is 1.90. The van der Waals surface area contributed by atoms with Crippen molar-refractivity contribution in [2.45, 2.75) is 19.9 Å². The van der Waals surface area contributed by atoms with Crippen LogP contribution >= 0.6 is 0 Å². The Morgan fingerprint density at radius 2 is 1.19 bits per heavy atom. The number of aryl methyl sites for hydroxylation is 2. The molecule has 0 heterocycles. The molecule has 0 aliphatic heterocycles. The van der Waals surface area contributed by atoms with Gasteiger partial charge in [0.25, 0.3) is 0 Å². The zero-order valence-electron chi connectivity index (χ0n) is 12.5. The number of benzene rings is 2. The lowest BCUT2D eigenvalue weighted by molar-refractivity contribution is -0.427. The second-order valence-corrected chi connectivity index (χ2v) is 5.02. The van der Waals surface area contributed by atoms with Gasteiger partial charge in [-0.1, -0.05) is 36.4 Å². The van der Waals surface area contributed by atoms with Crippen molar-refractivity contribution >= 4 is 0 Å². The molecule has 4 heteroatoms. The van der Waals surface area contributed by atoms with Crippen LogP contribution in [0.1, 0.15) is 11.1 Å². The molecular weight excluding hydrogens is 286 g/mol. The van der Waals surface area contributed by atoms with E-state index in [0.29, 0.717) is 13.2 Å². The molecule has 0 aliphatic carbocycles. The van der Waals surface area contributed by atoms with Gasteiger partial charge in [0.2, 0.25) is 0 Å². The highest BCUT2D eigenvalue weighted by molar-refractivity contribution is 5.32. The summed E-state index contributed by atoms with van der Waals surface area (Å²) in [5.41, 5.74) is 6.35. The van der Waals surface area contributed by atoms with Crippen LogP contribution in [-0.4, -0.2) is 19.3 Å². The highest BCUT2D eigenvalue weighted by Gasteiger charge is 2.10. The number of halogens is 1. The second kappa shape index (κ2) is 8.55. The standard InChI is InChI=1S/C17H21NO2.ClH/c1-13-7-3-5-9-16(13)19-11-15(18)12-20-17-10-6-4-8-14(17)2;/h3-10,15H,11-12,18H2,1-2H3;1H. The van der Waals surface area contributed by atoms with Gasteiger partial charge in [0, 0.05) is 0 Å². The normalized spacial score (nSPS) is 10.1. The lowest BCUT2D eigenvalue weighted by Gasteiger charge is -2.14. The third-order valence-corrected chi connectivity index (χ3v) is 3.14. The maximum absolute atomic E-state index is 5.77. The first kappa shape index (κ1) is 17.3. The van der Waals surface area contributed by atoms with E-state index in [1.807, 2.05) is 62.4 Å². The van der Waals surface area contributed by atoms with Crippen LogP contribution in [-0.2, 0) is 0 Å². The van der Waals surface area contributed by atoms with Gasteiger partial charge in [-0.25, -0.2) is 0 Å². The molecule has 0 fully saturated rings. The van der Waals surface area contributed by atoms with E-state index < -0.39 is 0 Å². The minimum absolute atomic E-state index is 0. The van der Waals surface area contributed by atoms with E-state index in [0.717, 1.165) is 22.6 Å². The third kappa shape index (κ3) is 5.29. The number of hydrogen-bond acceptors (Lipinski definition) is 2. The Labute approximate surface area is 132 Å². The Balaban J connectivity index is 0.00000220. The van der Waals surface area contributed by atoms with E-state index in [1.165, 1.54) is 0 Å². The third-order valence-electron chi connectivity index (χ3n) is 3.14. The van der Waals surface area contributed by atoms with Gasteiger partial charge in [0.15, 0.2) is 6.04 Å². The van der Waals surface area contributed by atoms with Gasteiger partial charge in [0.05, 0.1) is 0 Å². The number of rotatable bonds is 6. The first-order valence-corrected chi connectivity index (χ1v) is 6.87. The molecule has 0 amide bonds. The summed E-state index contributed by atoms with van der Waals surface area (Å²) in [4.78, 5) is 0. The topological polar surface area (TPSA) is 46.1 Å². The summed E-state index contributed by atoms with van der Waals surface area (Å²) in [7, 11) is 0. The van der Waals surface area contributed by atoms with Gasteiger partial charge in [0.1, 0.15) is 24.7 Å². The van der Waals surface area contributed by atoms with Gasteiger partial charge >= 0.3 is 0 Å². The van der Waals surface area contributed by atoms with Crippen molar-refractivity contribution in [3.05, 3.63) is 59.7 Å². The fraction of sp³-hybridized carbons (Fsp3) is 0.294. The van der Waals surface area contributed by atoms with Gasteiger partial charge in [-0.05, 0) is 37.1 Å². The van der Waals surface area contributed by atoms with Crippen LogP contribution in [0, 0.1) is 13.8 Å². The maximum Gasteiger partial charge on any atom is 0.153 e. The van der Waals surface area contributed by atoms with Gasteiger partial charge < -0.3 is 27.6 Å². The lowest BCUT2D eigenvalue weighted by Crippen LogP contribution is -3.00. The monoisotopic (exact) mass is 307 g/mol. The van der Waals surface area contributed by atoms with Crippen LogP contribution in [0.15, 0.2) is 48.5 Å². The average molecular weight is 308 g/mol. The molecule has 0 saturated carbocycles. The fourth-order valence-corrected chi connectivity index (χ4v) is 1.90. The molecule has 0 unspecified atom stereocenters. The molecule has 114 valence electrons. The minimum Gasteiger partial charge on any atom is -1.00 e. The predicted octanol–water partition coefficient (Wildman–Crippen LogP) is -0.624. The number of para-hydroxylation sites is 2. The lowest BCUT2D eigenvalue weighted by atomic mass is 10.2. The summed E-state index contributed by atoms with van der Waals surface area (Å²) in [5, 5.41) is 0. The van der Waals surface area contributed by atoms with Gasteiger partial charge in [-0.3, -0.25) is 0 Å². The Bertz CT molecular complexity index is 510. The molecule has 21 heavy (non-hydrogen) atoms. The van der Waals surface area contributed by atoms with Crippen molar-refractivity contribution in [3.63, 3.8) is 0 Å². The Morgan fingerprint density at radius 1 is 0.810 bits per heavy atom. The zero-order valence-corrected chi connectivity index (χ0v) is 13.3. The van der Waals surface area contributed by atoms with Crippen molar-refractivity contribution in [1.29, 1.82) is 0 Å². The molecule has 0 saturated heterocycles. The summed E-state index contributed by atoms with van der Waals surface area (Å²) >= 11 is 0. The quantitative estimate of drug-likeness (QED) is 0.773. The Hall–Kier alpha value is -1.71. The summed E-state index contributed by atoms with van der Waals surface area (Å²) in [6.45, 7) is 5.18. The molecule has 0 aliphatic rings. The maximum atomic E-state index is 5.77. The van der Waals surface area contributed by atoms with Crippen molar-refractivity contribution in [2.75, 3.05) is 13.2 Å². The summed E-state index contributed by atoms with van der Waals surface area (Å²) in [5.74, 6) is 1.83.